The Labute approximate surface area is 151 Å². The predicted molar refractivity (Wildman–Crippen MR) is 96.6 cm³/mol. The van der Waals surface area contributed by atoms with Crippen LogP contribution < -0.4 is 5.32 Å². The van der Waals surface area contributed by atoms with Crippen molar-refractivity contribution in [3.05, 3.63) is 53.4 Å². The van der Waals surface area contributed by atoms with E-state index in [2.05, 4.69) is 15.4 Å². The van der Waals surface area contributed by atoms with Crippen LogP contribution in [0.5, 0.6) is 0 Å². The predicted octanol–water partition coefficient (Wildman–Crippen LogP) is 2.52. The molecular formula is C15H20F2IN5. The first-order chi connectivity index (χ1) is 10.5. The minimum atomic E-state index is -0.461. The van der Waals surface area contributed by atoms with Crippen LogP contribution in [0.4, 0.5) is 8.78 Å². The molecule has 0 saturated heterocycles. The Morgan fingerprint density at radius 2 is 2.13 bits per heavy atom. The summed E-state index contributed by atoms with van der Waals surface area (Å²) in [6.07, 6.45) is 3.69. The quantitative estimate of drug-likeness (QED) is 0.456. The maximum Gasteiger partial charge on any atom is 0.193 e. The molecule has 2 rings (SSSR count). The highest BCUT2D eigenvalue weighted by atomic mass is 127. The largest absolute Gasteiger partial charge is 0.352 e. The smallest absolute Gasteiger partial charge is 0.193 e. The van der Waals surface area contributed by atoms with Gasteiger partial charge < -0.3 is 10.2 Å². The first-order valence-corrected chi connectivity index (χ1v) is 6.83. The fourth-order valence-electron chi connectivity index (χ4n) is 2.14. The van der Waals surface area contributed by atoms with Crippen molar-refractivity contribution in [1.82, 2.24) is 20.0 Å². The average molecular weight is 435 g/mol. The minimum absolute atomic E-state index is 0. The Hall–Kier alpha value is -1.71. The highest BCUT2D eigenvalue weighted by molar-refractivity contribution is 14.0. The third-order valence-electron chi connectivity index (χ3n) is 3.20. The van der Waals surface area contributed by atoms with Gasteiger partial charge >= 0.3 is 0 Å². The highest BCUT2D eigenvalue weighted by Gasteiger charge is 2.09. The van der Waals surface area contributed by atoms with Gasteiger partial charge in [0.1, 0.15) is 11.6 Å². The molecule has 0 atom stereocenters. The van der Waals surface area contributed by atoms with Gasteiger partial charge in [0.25, 0.3) is 0 Å². The van der Waals surface area contributed by atoms with E-state index in [1.54, 1.807) is 17.9 Å². The molecule has 1 aromatic heterocycles. The number of aromatic nitrogens is 2. The van der Waals surface area contributed by atoms with Gasteiger partial charge in [0.2, 0.25) is 0 Å². The van der Waals surface area contributed by atoms with Crippen LogP contribution in [0.25, 0.3) is 0 Å². The molecular weight excluding hydrogens is 415 g/mol. The van der Waals surface area contributed by atoms with Gasteiger partial charge in [-0.1, -0.05) is 0 Å². The molecule has 1 N–H and O–H groups in total. The Morgan fingerprint density at radius 1 is 1.39 bits per heavy atom. The second kappa shape index (κ2) is 8.80. The number of hydrogen-bond acceptors (Lipinski definition) is 2. The molecule has 0 bridgehead atoms. The first kappa shape index (κ1) is 19.3. The average Bonchev–Trinajstić information content (AvgIpc) is 2.88. The molecule has 2 aromatic rings. The molecule has 0 amide bonds. The van der Waals surface area contributed by atoms with Gasteiger partial charge in [-0.3, -0.25) is 9.67 Å². The second-order valence-corrected chi connectivity index (χ2v) is 5.01. The van der Waals surface area contributed by atoms with Gasteiger partial charge in [0.15, 0.2) is 5.96 Å². The van der Waals surface area contributed by atoms with Crippen molar-refractivity contribution in [2.75, 3.05) is 14.1 Å². The van der Waals surface area contributed by atoms with Crippen molar-refractivity contribution in [3.8, 4) is 0 Å². The van der Waals surface area contributed by atoms with Crippen molar-refractivity contribution in [2.24, 2.45) is 12.0 Å². The lowest BCUT2D eigenvalue weighted by Crippen LogP contribution is -2.38. The van der Waals surface area contributed by atoms with E-state index < -0.39 is 11.6 Å². The molecule has 0 spiro atoms. The van der Waals surface area contributed by atoms with Crippen LogP contribution in [0, 0.1) is 11.6 Å². The van der Waals surface area contributed by atoms with E-state index in [1.807, 2.05) is 25.2 Å². The lowest BCUT2D eigenvalue weighted by atomic mass is 10.2. The van der Waals surface area contributed by atoms with E-state index >= 15 is 0 Å². The van der Waals surface area contributed by atoms with Crippen molar-refractivity contribution < 1.29 is 8.78 Å². The van der Waals surface area contributed by atoms with E-state index in [9.17, 15) is 8.78 Å². The molecule has 23 heavy (non-hydrogen) atoms. The van der Waals surface area contributed by atoms with E-state index in [0.717, 1.165) is 17.7 Å². The molecule has 0 unspecified atom stereocenters. The molecule has 0 radical (unpaired) electrons. The molecule has 0 fully saturated rings. The number of aliphatic imine (C=N–C) groups is 1. The number of nitrogens with one attached hydrogen (secondary N) is 1. The Kier molecular flexibility index (Phi) is 7.40. The van der Waals surface area contributed by atoms with Crippen LogP contribution in [0.1, 0.15) is 11.1 Å². The summed E-state index contributed by atoms with van der Waals surface area (Å²) in [6.45, 7) is 0.771. The Morgan fingerprint density at radius 3 is 2.74 bits per heavy atom. The molecule has 1 heterocycles. The van der Waals surface area contributed by atoms with Gasteiger partial charge in [-0.2, -0.15) is 5.10 Å². The van der Waals surface area contributed by atoms with Crippen LogP contribution in [0.2, 0.25) is 0 Å². The van der Waals surface area contributed by atoms with E-state index in [4.69, 9.17) is 0 Å². The van der Waals surface area contributed by atoms with Gasteiger partial charge in [-0.25, -0.2) is 8.78 Å². The van der Waals surface area contributed by atoms with Crippen molar-refractivity contribution in [3.63, 3.8) is 0 Å². The molecule has 5 nitrogen and oxygen atoms in total. The number of nitrogens with zero attached hydrogens (tertiary/aromatic N) is 4. The fourth-order valence-corrected chi connectivity index (χ4v) is 2.14. The maximum atomic E-state index is 13.6. The van der Waals surface area contributed by atoms with Crippen LogP contribution in [-0.2, 0) is 20.1 Å². The highest BCUT2D eigenvalue weighted by Crippen LogP contribution is 2.09. The lowest BCUT2D eigenvalue weighted by molar-refractivity contribution is 0.474. The van der Waals surface area contributed by atoms with Crippen LogP contribution in [0.3, 0.4) is 0 Å². The third kappa shape index (κ3) is 5.45. The zero-order valence-electron chi connectivity index (χ0n) is 13.3. The first-order valence-electron chi connectivity index (χ1n) is 6.83. The van der Waals surface area contributed by atoms with Crippen LogP contribution >= 0.6 is 24.0 Å². The summed E-state index contributed by atoms with van der Waals surface area (Å²) in [5.41, 5.74) is 1.29. The monoisotopic (exact) mass is 435 g/mol. The molecule has 126 valence electrons. The molecule has 0 aliphatic rings. The third-order valence-corrected chi connectivity index (χ3v) is 3.20. The van der Waals surface area contributed by atoms with E-state index in [-0.39, 0.29) is 36.1 Å². The maximum absolute atomic E-state index is 13.6. The van der Waals surface area contributed by atoms with Gasteiger partial charge in [0, 0.05) is 51.6 Å². The number of hydrogen-bond donors (Lipinski definition) is 1. The number of benzene rings is 1. The lowest BCUT2D eigenvalue weighted by Gasteiger charge is -2.21. The van der Waals surface area contributed by atoms with Crippen LogP contribution in [-0.4, -0.2) is 34.7 Å². The number of rotatable bonds is 4. The normalized spacial score (nSPS) is 11.1. The van der Waals surface area contributed by atoms with E-state index in [0.29, 0.717) is 12.5 Å². The summed E-state index contributed by atoms with van der Waals surface area (Å²) in [6, 6.07) is 3.40. The topological polar surface area (TPSA) is 45.5 Å². The minimum Gasteiger partial charge on any atom is -0.352 e. The zero-order chi connectivity index (χ0) is 16.1. The summed E-state index contributed by atoms with van der Waals surface area (Å²) in [7, 11) is 5.36. The number of guanidine groups is 1. The number of halogens is 3. The zero-order valence-corrected chi connectivity index (χ0v) is 15.6. The van der Waals surface area contributed by atoms with Crippen molar-refractivity contribution in [1.29, 1.82) is 0 Å². The summed E-state index contributed by atoms with van der Waals surface area (Å²) in [5.74, 6) is -0.316. The molecule has 8 heteroatoms. The van der Waals surface area contributed by atoms with Crippen molar-refractivity contribution in [2.45, 2.75) is 13.1 Å². The molecule has 0 aliphatic heterocycles. The fraction of sp³-hybridized carbons (Fsp3) is 0.333. The van der Waals surface area contributed by atoms with Crippen molar-refractivity contribution >= 4 is 29.9 Å². The summed E-state index contributed by atoms with van der Waals surface area (Å²) < 4.78 is 28.5. The van der Waals surface area contributed by atoms with E-state index in [1.165, 1.54) is 6.07 Å². The Balaban J connectivity index is 0.00000264. The molecule has 0 saturated carbocycles. The second-order valence-electron chi connectivity index (χ2n) is 5.01. The summed E-state index contributed by atoms with van der Waals surface area (Å²) in [5, 5.41) is 7.13. The summed E-state index contributed by atoms with van der Waals surface area (Å²) in [4.78, 5) is 6.03. The van der Waals surface area contributed by atoms with Gasteiger partial charge in [-0.05, 0) is 18.2 Å². The van der Waals surface area contributed by atoms with Gasteiger partial charge in [-0.15, -0.1) is 24.0 Å². The van der Waals surface area contributed by atoms with Crippen LogP contribution in [0.15, 0.2) is 35.6 Å². The molecule has 0 aliphatic carbocycles. The SMILES string of the molecule is CN=C(NCc1cc(F)ccc1F)N(C)Cc1cnn(C)c1.I. The Bertz CT molecular complexity index is 672. The number of aryl methyl sites for hydroxylation is 1. The standard InChI is InChI=1S/C15H19F2N5.HI/c1-18-15(21(2)9-11-7-20-22(3)10-11)19-8-12-6-13(16)4-5-14(12)17;/h4-7,10H,8-9H2,1-3H3,(H,18,19);1H. The van der Waals surface area contributed by atoms with Gasteiger partial charge in [0.05, 0.1) is 6.20 Å². The molecule has 1 aromatic carbocycles. The summed E-state index contributed by atoms with van der Waals surface area (Å²) >= 11 is 0.